The Morgan fingerprint density at radius 3 is 1.74 bits per heavy atom. The number of hydrogen-bond acceptors (Lipinski definition) is 10. The van der Waals surface area contributed by atoms with Gasteiger partial charge in [-0.25, -0.2) is 4.79 Å². The molecule has 0 aliphatic carbocycles. The van der Waals surface area contributed by atoms with Crippen molar-refractivity contribution in [1.29, 1.82) is 0 Å². The van der Waals surface area contributed by atoms with E-state index in [0.29, 0.717) is 64.3 Å². The van der Waals surface area contributed by atoms with E-state index in [1.54, 1.807) is 18.2 Å². The first kappa shape index (κ1) is 43.2. The second-order valence-electron chi connectivity index (χ2n) is 15.1. The van der Waals surface area contributed by atoms with Crippen LogP contribution in [-0.2, 0) is 25.4 Å². The summed E-state index contributed by atoms with van der Waals surface area (Å²) < 4.78 is 45.6. The summed E-state index contributed by atoms with van der Waals surface area (Å²) in [6.07, 6.45) is 1.60. The molecule has 282 valence electrons. The summed E-state index contributed by atoms with van der Waals surface area (Å²) >= 11 is 7.10. The van der Waals surface area contributed by atoms with Crippen LogP contribution in [0.5, 0.6) is 28.7 Å². The molecule has 0 aliphatic rings. The smallest absolute Gasteiger partial charge is 0.341 e. The molecule has 0 bridgehead atoms. The van der Waals surface area contributed by atoms with Gasteiger partial charge in [0.2, 0.25) is 5.91 Å². The van der Waals surface area contributed by atoms with Crippen molar-refractivity contribution < 1.29 is 46.9 Å². The first-order valence-corrected chi connectivity index (χ1v) is 22.9. The van der Waals surface area contributed by atoms with Crippen molar-refractivity contribution in [1.82, 2.24) is 0 Å². The molecule has 14 heteroatoms. The Morgan fingerprint density at radius 1 is 0.720 bits per heavy atom. The van der Waals surface area contributed by atoms with E-state index in [1.807, 2.05) is 0 Å². The van der Waals surface area contributed by atoms with Gasteiger partial charge in [0.15, 0.2) is 25.1 Å². The van der Waals surface area contributed by atoms with Gasteiger partial charge in [0, 0.05) is 38.8 Å². The Kier molecular flexibility index (Phi) is 15.5. The molecular formula is C36H58ClNO10Si2. The average Bonchev–Trinajstić information content (AvgIpc) is 3.01. The van der Waals surface area contributed by atoms with E-state index in [9.17, 15) is 9.59 Å². The van der Waals surface area contributed by atoms with Crippen LogP contribution >= 0.6 is 11.6 Å². The van der Waals surface area contributed by atoms with Gasteiger partial charge in [0.25, 0.3) is 16.6 Å². The second kappa shape index (κ2) is 18.0. The molecule has 0 saturated heterocycles. The molecule has 0 aliphatic heterocycles. The Balaban J connectivity index is 2.44. The number of carbonyl (C=O) groups excluding carboxylic acids is 2. The van der Waals surface area contributed by atoms with Crippen LogP contribution in [0.25, 0.3) is 0 Å². The molecule has 2 aromatic carbocycles. The topological polar surface area (TPSA) is 120 Å². The molecule has 0 saturated carbocycles. The lowest BCUT2D eigenvalue weighted by molar-refractivity contribution is -0.116. The van der Waals surface area contributed by atoms with E-state index in [1.165, 1.54) is 28.4 Å². The van der Waals surface area contributed by atoms with Gasteiger partial charge in [-0.3, -0.25) is 4.79 Å². The lowest BCUT2D eigenvalue weighted by Crippen LogP contribution is -2.45. The highest BCUT2D eigenvalue weighted by Gasteiger charge is 2.42. The Morgan fingerprint density at radius 2 is 1.24 bits per heavy atom. The molecule has 50 heavy (non-hydrogen) atoms. The number of carbonyl (C=O) groups is 2. The molecule has 2 rings (SSSR count). The Hall–Kier alpha value is -2.98. The molecule has 1 N–H and O–H groups in total. The largest absolute Gasteiger partial charge is 0.543 e. The zero-order valence-electron chi connectivity index (χ0n) is 32.4. The minimum Gasteiger partial charge on any atom is -0.543 e. The van der Waals surface area contributed by atoms with Crippen molar-refractivity contribution in [3.05, 3.63) is 34.3 Å². The first-order chi connectivity index (χ1) is 23.1. The summed E-state index contributed by atoms with van der Waals surface area (Å²) in [5, 5.41) is 3.03. The fourth-order valence-corrected chi connectivity index (χ4v) is 6.69. The highest BCUT2D eigenvalue weighted by atomic mass is 35.5. The van der Waals surface area contributed by atoms with Crippen LogP contribution in [0.15, 0.2) is 18.2 Å². The molecule has 0 atom stereocenters. The minimum atomic E-state index is -2.41. The van der Waals surface area contributed by atoms with E-state index < -0.39 is 22.6 Å². The normalized spacial score (nSPS) is 12.3. The van der Waals surface area contributed by atoms with Gasteiger partial charge in [0.05, 0.1) is 24.9 Å². The molecule has 2 aromatic rings. The number of rotatable bonds is 18. The number of amides is 1. The molecule has 0 spiro atoms. The average molecular weight is 756 g/mol. The molecule has 0 unspecified atom stereocenters. The van der Waals surface area contributed by atoms with Crippen LogP contribution in [0.2, 0.25) is 41.3 Å². The van der Waals surface area contributed by atoms with Crippen LogP contribution in [0, 0.1) is 0 Å². The highest BCUT2D eigenvalue weighted by molar-refractivity contribution is 6.75. The van der Waals surface area contributed by atoms with E-state index in [2.05, 4.69) is 73.0 Å². The summed E-state index contributed by atoms with van der Waals surface area (Å²) in [6, 6.07) is 4.98. The summed E-state index contributed by atoms with van der Waals surface area (Å²) in [5.41, 5.74) is 1.25. The Bertz CT molecular complexity index is 1470. The van der Waals surface area contributed by atoms with Crippen LogP contribution in [0.3, 0.4) is 0 Å². The number of nitrogens with one attached hydrogen (secondary N) is 1. The number of ether oxygens (including phenoxy) is 6. The SMILES string of the molecule is COCOc1cc(OC)c(OCOC)cc1NC(=O)CCCCc1c(Cl)c(O[Si](C)(C)C(C)(C)C)cc(O[Si](C)(C)C(C)(C)C)c1C(=O)OC. The first-order valence-electron chi connectivity index (χ1n) is 16.7. The molecule has 1 amide bonds. The van der Waals surface area contributed by atoms with Crippen LogP contribution in [0.1, 0.15) is 76.7 Å². The van der Waals surface area contributed by atoms with Gasteiger partial charge in [-0.15, -0.1) is 0 Å². The van der Waals surface area contributed by atoms with E-state index >= 15 is 0 Å². The van der Waals surface area contributed by atoms with Gasteiger partial charge >= 0.3 is 5.97 Å². The van der Waals surface area contributed by atoms with E-state index in [4.69, 9.17) is 48.9 Å². The number of methoxy groups -OCH3 is 4. The minimum absolute atomic E-state index is 0.0110. The van der Waals surface area contributed by atoms with Crippen molar-refractivity contribution in [2.45, 2.75) is 103 Å². The molecule has 0 aromatic heterocycles. The second-order valence-corrected chi connectivity index (χ2v) is 24.9. The number of hydrogen-bond donors (Lipinski definition) is 1. The predicted molar refractivity (Wildman–Crippen MR) is 203 cm³/mol. The van der Waals surface area contributed by atoms with Crippen molar-refractivity contribution in [3.63, 3.8) is 0 Å². The van der Waals surface area contributed by atoms with Crippen molar-refractivity contribution >= 4 is 45.8 Å². The fraction of sp³-hybridized carbons (Fsp3) is 0.611. The number of halogens is 1. The third-order valence-corrected chi connectivity index (χ3v) is 18.4. The summed E-state index contributed by atoms with van der Waals surface area (Å²) in [6.45, 7) is 21.4. The van der Waals surface area contributed by atoms with Gasteiger partial charge in [-0.05, 0) is 61.1 Å². The third-order valence-electron chi connectivity index (χ3n) is 9.31. The highest BCUT2D eigenvalue weighted by Crippen LogP contribution is 2.46. The maximum atomic E-state index is 13.4. The van der Waals surface area contributed by atoms with Gasteiger partial charge in [-0.1, -0.05) is 53.1 Å². The third kappa shape index (κ3) is 11.3. The van der Waals surface area contributed by atoms with Gasteiger partial charge in [0.1, 0.15) is 22.8 Å². The lowest BCUT2D eigenvalue weighted by Gasteiger charge is -2.39. The zero-order chi connectivity index (χ0) is 38.1. The number of esters is 1. The standard InChI is InChI=1S/C36H58ClNO10Si2/c1-35(2,3)49(11,12)47-29-21-30(48-50(13,14)36(4,5)6)33(37)24(32(29)34(40)44-10)17-15-16-18-31(39)38-25-19-28(46-23-42-8)27(43-9)20-26(25)45-22-41-7/h19-21H,15-18,22-23H2,1-14H3,(H,38,39). The molecule has 0 radical (unpaired) electrons. The summed E-state index contributed by atoms with van der Waals surface area (Å²) in [7, 11) is 1.12. The maximum Gasteiger partial charge on any atom is 0.341 e. The summed E-state index contributed by atoms with van der Waals surface area (Å²) in [5.74, 6) is 1.24. The molecule has 0 heterocycles. The quantitative estimate of drug-likeness (QED) is 0.0682. The van der Waals surface area contributed by atoms with E-state index in [0.717, 1.165) is 0 Å². The molecule has 0 fully saturated rings. The summed E-state index contributed by atoms with van der Waals surface area (Å²) in [4.78, 5) is 26.6. The van der Waals surface area contributed by atoms with Gasteiger partial charge < -0.3 is 42.6 Å². The van der Waals surface area contributed by atoms with Crippen LogP contribution in [-0.4, -0.2) is 70.5 Å². The molecule has 11 nitrogen and oxygen atoms in total. The Labute approximate surface area is 305 Å². The lowest BCUT2D eigenvalue weighted by atomic mass is 9.99. The van der Waals surface area contributed by atoms with Crippen molar-refractivity contribution in [3.8, 4) is 28.7 Å². The van der Waals surface area contributed by atoms with E-state index in [-0.39, 0.29) is 41.6 Å². The number of unbranched alkanes of at least 4 members (excludes halogenated alkanes) is 1. The van der Waals surface area contributed by atoms with Crippen LogP contribution in [0.4, 0.5) is 5.69 Å². The maximum absolute atomic E-state index is 13.4. The van der Waals surface area contributed by atoms with Crippen LogP contribution < -0.4 is 28.4 Å². The fourth-order valence-electron chi connectivity index (χ4n) is 4.31. The number of anilines is 1. The monoisotopic (exact) mass is 755 g/mol. The van der Waals surface area contributed by atoms with Crippen molar-refractivity contribution in [2.24, 2.45) is 0 Å². The molecular weight excluding hydrogens is 698 g/mol. The zero-order valence-corrected chi connectivity index (χ0v) is 35.2. The predicted octanol–water partition coefficient (Wildman–Crippen LogP) is 9.22. The van der Waals surface area contributed by atoms with Crippen molar-refractivity contribution in [2.75, 3.05) is 47.3 Å². The number of benzene rings is 2. The van der Waals surface area contributed by atoms with Gasteiger partial charge in [-0.2, -0.15) is 0 Å².